The lowest BCUT2D eigenvalue weighted by atomic mass is 9.83. The molecule has 0 saturated heterocycles. The number of benzene rings is 2. The van der Waals surface area contributed by atoms with Crippen molar-refractivity contribution in [3.8, 4) is 0 Å². The molecule has 244 valence electrons. The van der Waals surface area contributed by atoms with Crippen molar-refractivity contribution in [3.63, 3.8) is 0 Å². The van der Waals surface area contributed by atoms with Crippen LogP contribution in [0.4, 0.5) is 11.4 Å². The predicted octanol–water partition coefficient (Wildman–Crippen LogP) is 10.1. The van der Waals surface area contributed by atoms with Crippen LogP contribution in [-0.2, 0) is 15.6 Å². The van der Waals surface area contributed by atoms with Crippen LogP contribution in [0.5, 0.6) is 0 Å². The number of likely N-dealkylation sites (N-methyl/N-ethyl adjacent to an activating group) is 1. The topological polar surface area (TPSA) is 28.4 Å². The van der Waals surface area contributed by atoms with Gasteiger partial charge in [0.05, 0.1) is 5.56 Å². The van der Waals surface area contributed by atoms with E-state index in [-0.39, 0.29) is 16.9 Å². The van der Waals surface area contributed by atoms with E-state index in [0.29, 0.717) is 0 Å². The SMILES string of the molecule is CCN1/C(=C/C=C2\CCC3=C2OC(c2ccncc2)/C(C)=C(/C)CC24C(=[N+](CC)c5ccc(C)c2c54)/C=C/3)C(C)(C)c2cc(C)ccc21. The van der Waals surface area contributed by atoms with Crippen molar-refractivity contribution in [2.24, 2.45) is 0 Å². The molecular weight excluding hydrogens is 587 g/mol. The van der Waals surface area contributed by atoms with Crippen molar-refractivity contribution >= 4 is 17.1 Å². The van der Waals surface area contributed by atoms with Crippen LogP contribution in [0.3, 0.4) is 0 Å². The van der Waals surface area contributed by atoms with Crippen molar-refractivity contribution in [3.05, 3.63) is 146 Å². The maximum Gasteiger partial charge on any atom is 0.210 e. The molecule has 3 aromatic rings. The number of aryl methyl sites for hydroxylation is 2. The van der Waals surface area contributed by atoms with E-state index in [9.17, 15) is 0 Å². The van der Waals surface area contributed by atoms with Crippen LogP contribution in [0, 0.1) is 13.8 Å². The summed E-state index contributed by atoms with van der Waals surface area (Å²) in [7, 11) is 0. The summed E-state index contributed by atoms with van der Waals surface area (Å²) in [6.07, 6.45) is 16.1. The molecule has 0 saturated carbocycles. The van der Waals surface area contributed by atoms with E-state index in [1.807, 2.05) is 12.4 Å². The van der Waals surface area contributed by atoms with Gasteiger partial charge in [0, 0.05) is 47.9 Å². The Balaban J connectivity index is 1.28. The molecule has 2 aliphatic carbocycles. The number of ether oxygens (including phenoxy) is 1. The van der Waals surface area contributed by atoms with E-state index in [1.165, 1.54) is 61.8 Å². The number of pyridine rings is 1. The molecule has 2 atom stereocenters. The number of hydrogen-bond acceptors (Lipinski definition) is 3. The zero-order valence-electron chi connectivity index (χ0n) is 29.9. The van der Waals surface area contributed by atoms with Gasteiger partial charge in [0.2, 0.25) is 5.69 Å². The first kappa shape index (κ1) is 30.9. The standard InChI is InChI=1S/C44H48N3O/c1-9-46-35-17-11-27(3)25-34(35)43(7,8)37(46)19-15-31-13-14-32-16-20-38-44(39-28(4)12-18-36(40(39)44)47(38)10-2)26-29(5)30(6)41(48-42(31)32)33-21-23-45-24-22-33/h11-12,15-25,41H,9-10,13-14,26H2,1-8H3/q+1/b30-29-. The molecule has 4 heteroatoms. The molecular formula is C44H48N3O+. The Morgan fingerprint density at radius 2 is 1.73 bits per heavy atom. The summed E-state index contributed by atoms with van der Waals surface area (Å²) in [6.45, 7) is 20.3. The normalized spacial score (nSPS) is 27.5. The van der Waals surface area contributed by atoms with Gasteiger partial charge in [-0.3, -0.25) is 4.98 Å². The summed E-state index contributed by atoms with van der Waals surface area (Å²) in [6, 6.07) is 15.8. The van der Waals surface area contributed by atoms with Crippen molar-refractivity contribution in [1.82, 2.24) is 4.98 Å². The Morgan fingerprint density at radius 1 is 0.938 bits per heavy atom. The monoisotopic (exact) mass is 634 g/mol. The zero-order chi connectivity index (χ0) is 33.5. The second kappa shape index (κ2) is 11.1. The van der Waals surface area contributed by atoms with Crippen LogP contribution in [0.25, 0.3) is 0 Å². The van der Waals surface area contributed by atoms with E-state index in [2.05, 4.69) is 137 Å². The third-order valence-electron chi connectivity index (χ3n) is 11.9. The summed E-state index contributed by atoms with van der Waals surface area (Å²) in [5.41, 5.74) is 19.0. The fourth-order valence-electron chi connectivity index (χ4n) is 9.24. The van der Waals surface area contributed by atoms with Gasteiger partial charge in [-0.2, -0.15) is 4.58 Å². The lowest BCUT2D eigenvalue weighted by Crippen LogP contribution is -2.26. The minimum atomic E-state index is -0.188. The molecule has 5 aliphatic rings. The van der Waals surface area contributed by atoms with E-state index in [1.54, 1.807) is 11.1 Å². The van der Waals surface area contributed by atoms with Gasteiger partial charge in [0.1, 0.15) is 23.8 Å². The summed E-state index contributed by atoms with van der Waals surface area (Å²) in [4.78, 5) is 6.85. The summed E-state index contributed by atoms with van der Waals surface area (Å²) < 4.78 is 9.84. The molecule has 4 nitrogen and oxygen atoms in total. The van der Waals surface area contributed by atoms with Gasteiger partial charge in [0.25, 0.3) is 0 Å². The molecule has 48 heavy (non-hydrogen) atoms. The van der Waals surface area contributed by atoms with Crippen LogP contribution < -0.4 is 4.90 Å². The molecule has 2 aromatic carbocycles. The van der Waals surface area contributed by atoms with Gasteiger partial charge in [0.15, 0.2) is 5.71 Å². The van der Waals surface area contributed by atoms with Crippen LogP contribution in [0.1, 0.15) is 100 Å². The van der Waals surface area contributed by atoms with Crippen molar-refractivity contribution in [2.75, 3.05) is 18.0 Å². The fourth-order valence-corrected chi connectivity index (χ4v) is 9.24. The van der Waals surface area contributed by atoms with Gasteiger partial charge in [-0.25, -0.2) is 0 Å². The zero-order valence-corrected chi connectivity index (χ0v) is 29.9. The molecule has 0 radical (unpaired) electrons. The average molecular weight is 635 g/mol. The van der Waals surface area contributed by atoms with E-state index >= 15 is 0 Å². The third-order valence-corrected chi connectivity index (χ3v) is 11.9. The van der Waals surface area contributed by atoms with E-state index < -0.39 is 0 Å². The first-order valence-electron chi connectivity index (χ1n) is 17.9. The fraction of sp³-hybridized carbons (Fsp3) is 0.364. The minimum absolute atomic E-state index is 0.0403. The summed E-state index contributed by atoms with van der Waals surface area (Å²) in [5.74, 6) is 1.03. The highest BCUT2D eigenvalue weighted by Crippen LogP contribution is 2.64. The smallest absolute Gasteiger partial charge is 0.210 e. The van der Waals surface area contributed by atoms with Crippen molar-refractivity contribution < 1.29 is 9.31 Å². The second-order valence-corrected chi connectivity index (χ2v) is 14.9. The number of anilines is 1. The first-order valence-corrected chi connectivity index (χ1v) is 17.9. The predicted molar refractivity (Wildman–Crippen MR) is 197 cm³/mol. The Bertz CT molecular complexity index is 2070. The number of aromatic nitrogens is 1. The molecule has 0 N–H and O–H groups in total. The van der Waals surface area contributed by atoms with Gasteiger partial charge >= 0.3 is 0 Å². The minimum Gasteiger partial charge on any atom is -0.481 e. The maximum absolute atomic E-state index is 7.29. The molecule has 1 spiro atoms. The first-order chi connectivity index (χ1) is 23.1. The van der Waals surface area contributed by atoms with E-state index in [4.69, 9.17) is 4.74 Å². The number of hydrogen-bond donors (Lipinski definition) is 0. The largest absolute Gasteiger partial charge is 0.481 e. The summed E-state index contributed by atoms with van der Waals surface area (Å²) in [5, 5.41) is 0. The lowest BCUT2D eigenvalue weighted by Gasteiger charge is -2.26. The number of fused-ring (bicyclic) bond motifs is 1. The van der Waals surface area contributed by atoms with Crippen LogP contribution in [0.2, 0.25) is 0 Å². The average Bonchev–Trinajstić information content (AvgIpc) is 3.35. The Hall–Kier alpha value is -4.44. The second-order valence-electron chi connectivity index (χ2n) is 14.9. The number of rotatable bonds is 4. The highest BCUT2D eigenvalue weighted by molar-refractivity contribution is 6.14. The van der Waals surface area contributed by atoms with Gasteiger partial charge < -0.3 is 9.64 Å². The molecule has 1 aromatic heterocycles. The van der Waals surface area contributed by atoms with E-state index in [0.717, 1.165) is 43.7 Å². The molecule has 0 bridgehead atoms. The number of nitrogens with zero attached hydrogens (tertiary/aromatic N) is 3. The molecule has 0 amide bonds. The Labute approximate surface area is 286 Å². The molecule has 3 aliphatic heterocycles. The Kier molecular flexibility index (Phi) is 7.11. The Morgan fingerprint density at radius 3 is 2.48 bits per heavy atom. The maximum atomic E-state index is 7.29. The van der Waals surface area contributed by atoms with Crippen LogP contribution in [0.15, 0.2) is 113 Å². The van der Waals surface area contributed by atoms with Gasteiger partial charge in [-0.15, -0.1) is 0 Å². The molecule has 4 heterocycles. The summed E-state index contributed by atoms with van der Waals surface area (Å²) >= 11 is 0. The van der Waals surface area contributed by atoms with Gasteiger partial charge in [-0.1, -0.05) is 49.3 Å². The highest BCUT2D eigenvalue weighted by atomic mass is 16.5. The van der Waals surface area contributed by atoms with Crippen molar-refractivity contribution in [1.29, 1.82) is 0 Å². The lowest BCUT2D eigenvalue weighted by molar-refractivity contribution is -0.433. The molecule has 0 fully saturated rings. The molecule has 2 unspecified atom stereocenters. The third kappa shape index (κ3) is 4.34. The molecule has 8 rings (SSSR count). The van der Waals surface area contributed by atoms with Crippen LogP contribution in [-0.4, -0.2) is 28.4 Å². The number of allylic oxidation sites excluding steroid dienone is 8. The van der Waals surface area contributed by atoms with Crippen LogP contribution >= 0.6 is 0 Å². The quantitative estimate of drug-likeness (QED) is 0.211. The highest BCUT2D eigenvalue weighted by Gasteiger charge is 2.66. The van der Waals surface area contributed by atoms with Crippen molar-refractivity contribution in [2.45, 2.75) is 91.6 Å². The van der Waals surface area contributed by atoms with Gasteiger partial charge in [-0.05, 0) is 130 Å².